The Labute approximate surface area is 82.4 Å². The van der Waals surface area contributed by atoms with Crippen molar-refractivity contribution >= 4 is 26.0 Å². The fourth-order valence-electron chi connectivity index (χ4n) is 0.707. The molecule has 0 saturated carbocycles. The summed E-state index contributed by atoms with van der Waals surface area (Å²) in [6, 6.07) is 1.67. The van der Waals surface area contributed by atoms with Crippen molar-refractivity contribution in [3.8, 4) is 5.75 Å². The van der Waals surface area contributed by atoms with Crippen LogP contribution in [0.3, 0.4) is 0 Å². The minimum atomic E-state index is -3.95. The van der Waals surface area contributed by atoms with Crippen LogP contribution in [0.1, 0.15) is 0 Å². The number of benzene rings is 1. The van der Waals surface area contributed by atoms with Crippen molar-refractivity contribution in [3.05, 3.63) is 22.4 Å². The highest BCUT2D eigenvalue weighted by molar-refractivity contribution is 9.10. The van der Waals surface area contributed by atoms with Crippen LogP contribution < -0.4 is 5.14 Å². The second-order valence-corrected chi connectivity index (χ2v) is 4.70. The van der Waals surface area contributed by atoms with Crippen LogP contribution in [0.15, 0.2) is 21.5 Å². The lowest BCUT2D eigenvalue weighted by atomic mass is 10.3. The zero-order valence-electron chi connectivity index (χ0n) is 6.16. The third-order valence-corrected chi connectivity index (χ3v) is 2.82. The molecule has 0 heterocycles. The smallest absolute Gasteiger partial charge is 0.238 e. The van der Waals surface area contributed by atoms with E-state index in [9.17, 15) is 12.8 Å². The van der Waals surface area contributed by atoms with E-state index in [0.29, 0.717) is 6.07 Å². The number of rotatable bonds is 1. The predicted octanol–water partition coefficient (Wildman–Crippen LogP) is 0.941. The lowest BCUT2D eigenvalue weighted by molar-refractivity contribution is 0.427. The zero-order chi connectivity index (χ0) is 10.2. The Kier molecular flexibility index (Phi) is 2.60. The Morgan fingerprint density at radius 1 is 1.46 bits per heavy atom. The molecule has 1 aromatic rings. The van der Waals surface area contributed by atoms with Gasteiger partial charge < -0.3 is 5.11 Å². The van der Waals surface area contributed by atoms with Gasteiger partial charge in [-0.05, 0) is 28.1 Å². The molecule has 1 rings (SSSR count). The molecule has 7 heteroatoms. The van der Waals surface area contributed by atoms with Crippen LogP contribution in [0, 0.1) is 5.82 Å². The quantitative estimate of drug-likeness (QED) is 0.796. The number of phenolic OH excluding ortho intramolecular Hbond substituents is 1. The lowest BCUT2D eigenvalue weighted by Crippen LogP contribution is -2.12. The summed E-state index contributed by atoms with van der Waals surface area (Å²) < 4.78 is 34.2. The molecular weight excluding hydrogens is 265 g/mol. The van der Waals surface area contributed by atoms with E-state index in [1.165, 1.54) is 0 Å². The molecule has 1 aromatic carbocycles. The Balaban J connectivity index is 3.47. The zero-order valence-corrected chi connectivity index (χ0v) is 8.56. The molecule has 0 amide bonds. The maximum Gasteiger partial charge on any atom is 0.238 e. The summed E-state index contributed by atoms with van der Waals surface area (Å²) in [5.74, 6) is -1.69. The molecule has 72 valence electrons. The van der Waals surface area contributed by atoms with Gasteiger partial charge in [-0.3, -0.25) is 0 Å². The third kappa shape index (κ3) is 2.17. The average molecular weight is 270 g/mol. The van der Waals surface area contributed by atoms with E-state index < -0.39 is 26.5 Å². The van der Waals surface area contributed by atoms with E-state index >= 15 is 0 Å². The first-order valence-corrected chi connectivity index (χ1v) is 5.37. The van der Waals surface area contributed by atoms with Gasteiger partial charge in [0.05, 0.1) is 9.37 Å². The molecule has 0 fully saturated rings. The van der Waals surface area contributed by atoms with Gasteiger partial charge in [-0.2, -0.15) is 0 Å². The monoisotopic (exact) mass is 269 g/mol. The normalized spacial score (nSPS) is 11.6. The molecule has 0 saturated heterocycles. The van der Waals surface area contributed by atoms with E-state index in [1.54, 1.807) is 0 Å². The molecule has 0 radical (unpaired) electrons. The van der Waals surface area contributed by atoms with E-state index in [2.05, 4.69) is 15.9 Å². The first-order chi connectivity index (χ1) is 5.82. The second-order valence-electron chi connectivity index (χ2n) is 2.28. The summed E-state index contributed by atoms with van der Waals surface area (Å²) in [5, 5.41) is 13.7. The highest BCUT2D eigenvalue weighted by Gasteiger charge is 2.14. The van der Waals surface area contributed by atoms with Gasteiger partial charge in [0.25, 0.3) is 0 Å². The van der Waals surface area contributed by atoms with Crippen LogP contribution in [0.5, 0.6) is 5.75 Å². The second kappa shape index (κ2) is 3.24. The number of sulfonamides is 1. The van der Waals surface area contributed by atoms with Crippen LogP contribution >= 0.6 is 15.9 Å². The minimum Gasteiger partial charge on any atom is -0.504 e. The van der Waals surface area contributed by atoms with E-state index in [0.717, 1.165) is 6.07 Å². The van der Waals surface area contributed by atoms with Gasteiger partial charge in [-0.1, -0.05) is 0 Å². The Bertz CT molecular complexity index is 422. The van der Waals surface area contributed by atoms with Crippen LogP contribution in [0.25, 0.3) is 0 Å². The van der Waals surface area contributed by atoms with Gasteiger partial charge in [-0.25, -0.2) is 17.9 Å². The molecule has 0 spiro atoms. The van der Waals surface area contributed by atoms with Gasteiger partial charge in [0, 0.05) is 0 Å². The molecule has 0 unspecified atom stereocenters. The van der Waals surface area contributed by atoms with E-state index in [4.69, 9.17) is 10.2 Å². The molecule has 0 bridgehead atoms. The molecule has 3 N–H and O–H groups in total. The number of halogens is 2. The van der Waals surface area contributed by atoms with Gasteiger partial charge in [0.1, 0.15) is 0 Å². The van der Waals surface area contributed by atoms with Crippen molar-refractivity contribution in [2.75, 3.05) is 0 Å². The van der Waals surface area contributed by atoms with Crippen molar-refractivity contribution in [2.24, 2.45) is 5.14 Å². The fourth-order valence-corrected chi connectivity index (χ4v) is 1.84. The third-order valence-electron chi connectivity index (χ3n) is 1.32. The van der Waals surface area contributed by atoms with Crippen LogP contribution in [-0.2, 0) is 10.0 Å². The van der Waals surface area contributed by atoms with Crippen LogP contribution in [-0.4, -0.2) is 13.5 Å². The highest BCUT2D eigenvalue weighted by atomic mass is 79.9. The molecular formula is C6H5BrFNO3S. The number of primary sulfonamides is 1. The number of nitrogens with two attached hydrogens (primary N) is 1. The van der Waals surface area contributed by atoms with Crippen LogP contribution in [0.4, 0.5) is 4.39 Å². The summed E-state index contributed by atoms with van der Waals surface area (Å²) in [6.07, 6.45) is 0. The van der Waals surface area contributed by atoms with Crippen molar-refractivity contribution < 1.29 is 17.9 Å². The molecule has 0 aromatic heterocycles. The highest BCUT2D eigenvalue weighted by Crippen LogP contribution is 2.29. The Morgan fingerprint density at radius 2 is 2.00 bits per heavy atom. The Morgan fingerprint density at radius 3 is 2.38 bits per heavy atom. The van der Waals surface area contributed by atoms with E-state index in [-0.39, 0.29) is 4.47 Å². The topological polar surface area (TPSA) is 80.4 Å². The summed E-state index contributed by atoms with van der Waals surface area (Å²) >= 11 is 2.78. The molecule has 0 aliphatic heterocycles. The fraction of sp³-hybridized carbons (Fsp3) is 0. The molecule has 4 nitrogen and oxygen atoms in total. The van der Waals surface area contributed by atoms with Crippen molar-refractivity contribution in [3.63, 3.8) is 0 Å². The average Bonchev–Trinajstić information content (AvgIpc) is 1.97. The first-order valence-electron chi connectivity index (χ1n) is 3.03. The van der Waals surface area contributed by atoms with E-state index in [1.807, 2.05) is 0 Å². The SMILES string of the molecule is NS(=O)(=O)c1cc(F)c(O)c(Br)c1. The first kappa shape index (κ1) is 10.4. The molecule has 13 heavy (non-hydrogen) atoms. The molecule has 0 aliphatic rings. The maximum absolute atomic E-state index is 12.8. The van der Waals surface area contributed by atoms with Crippen molar-refractivity contribution in [2.45, 2.75) is 4.90 Å². The molecule has 0 aliphatic carbocycles. The van der Waals surface area contributed by atoms with Crippen molar-refractivity contribution in [1.29, 1.82) is 0 Å². The number of hydrogen-bond acceptors (Lipinski definition) is 3. The lowest BCUT2D eigenvalue weighted by Gasteiger charge is -2.02. The summed E-state index contributed by atoms with van der Waals surface area (Å²) in [6.45, 7) is 0. The van der Waals surface area contributed by atoms with Gasteiger partial charge >= 0.3 is 0 Å². The summed E-state index contributed by atoms with van der Waals surface area (Å²) in [7, 11) is -3.95. The predicted molar refractivity (Wildman–Crippen MR) is 47.1 cm³/mol. The summed E-state index contributed by atoms with van der Waals surface area (Å²) in [5.41, 5.74) is 0. The molecule has 0 atom stereocenters. The maximum atomic E-state index is 12.8. The summed E-state index contributed by atoms with van der Waals surface area (Å²) in [4.78, 5) is -0.394. The van der Waals surface area contributed by atoms with Crippen LogP contribution in [0.2, 0.25) is 0 Å². The standard InChI is InChI=1S/C6H5BrFNO3S/c7-4-1-3(13(9,11)12)2-5(8)6(4)10/h1-2,10H,(H2,9,11,12). The van der Waals surface area contributed by atoms with Gasteiger partial charge in [0.2, 0.25) is 10.0 Å². The Hall–Kier alpha value is -0.660. The number of aromatic hydroxyl groups is 1. The van der Waals surface area contributed by atoms with Gasteiger partial charge in [0.15, 0.2) is 11.6 Å². The minimum absolute atomic E-state index is 0.0588. The van der Waals surface area contributed by atoms with Gasteiger partial charge in [-0.15, -0.1) is 0 Å². The largest absolute Gasteiger partial charge is 0.504 e. The van der Waals surface area contributed by atoms with Crippen molar-refractivity contribution in [1.82, 2.24) is 0 Å². The number of hydrogen-bond donors (Lipinski definition) is 2. The number of phenols is 1.